The lowest BCUT2D eigenvalue weighted by atomic mass is 10.1. The lowest BCUT2D eigenvalue weighted by Crippen LogP contribution is -2.44. The van der Waals surface area contributed by atoms with Crippen LogP contribution in [0.3, 0.4) is 0 Å². The van der Waals surface area contributed by atoms with Crippen molar-refractivity contribution >= 4 is 21.6 Å². The first-order valence-electron chi connectivity index (χ1n) is 6.98. The number of rotatable bonds is 7. The van der Waals surface area contributed by atoms with E-state index in [1.807, 2.05) is 26.0 Å². The number of nitrogens with one attached hydrogen (secondary N) is 1. The minimum atomic E-state index is -3.56. The molecule has 0 aromatic heterocycles. The maximum absolute atomic E-state index is 12.1. The van der Waals surface area contributed by atoms with Crippen molar-refractivity contribution in [3.8, 4) is 0 Å². The number of hydrogen-bond acceptors (Lipinski definition) is 4. The van der Waals surface area contributed by atoms with Gasteiger partial charge in [-0.25, -0.2) is 8.42 Å². The molecule has 0 fully saturated rings. The smallest absolute Gasteiger partial charge is 0.241 e. The molecule has 22 heavy (non-hydrogen) atoms. The monoisotopic (exact) mass is 328 g/mol. The van der Waals surface area contributed by atoms with E-state index in [0.29, 0.717) is 12.3 Å². The minimum Gasteiger partial charge on any atom is -0.383 e. The fraction of sp³-hybridized carbons (Fsp3) is 0.533. The van der Waals surface area contributed by atoms with Crippen LogP contribution in [-0.2, 0) is 19.6 Å². The predicted octanol–water partition coefficient (Wildman–Crippen LogP) is 1.22. The maximum atomic E-state index is 12.1. The first kappa shape index (κ1) is 18.4. The predicted molar refractivity (Wildman–Crippen MR) is 87.6 cm³/mol. The van der Waals surface area contributed by atoms with Gasteiger partial charge in [-0.2, -0.15) is 0 Å². The van der Waals surface area contributed by atoms with E-state index in [1.54, 1.807) is 20.1 Å². The number of hydrogen-bond donors (Lipinski definition) is 1. The maximum Gasteiger partial charge on any atom is 0.241 e. The van der Waals surface area contributed by atoms with Gasteiger partial charge in [0.05, 0.1) is 18.6 Å². The number of nitrogens with zero attached hydrogens (tertiary/aromatic N) is 1. The third kappa shape index (κ3) is 5.31. The first-order valence-corrected chi connectivity index (χ1v) is 8.83. The molecule has 0 unspecified atom stereocenters. The van der Waals surface area contributed by atoms with Crippen LogP contribution < -0.4 is 9.62 Å². The van der Waals surface area contributed by atoms with Gasteiger partial charge in [-0.15, -0.1) is 0 Å². The highest BCUT2D eigenvalue weighted by Crippen LogP contribution is 2.23. The van der Waals surface area contributed by atoms with E-state index in [9.17, 15) is 13.2 Å². The number of aryl methyl sites for hydroxylation is 2. The molecule has 1 atom stereocenters. The van der Waals surface area contributed by atoms with Crippen molar-refractivity contribution in [3.05, 3.63) is 29.3 Å². The van der Waals surface area contributed by atoms with Crippen molar-refractivity contribution in [2.45, 2.75) is 26.8 Å². The van der Waals surface area contributed by atoms with Crippen LogP contribution in [0.1, 0.15) is 18.1 Å². The minimum absolute atomic E-state index is 0.182. The van der Waals surface area contributed by atoms with Gasteiger partial charge in [-0.3, -0.25) is 9.10 Å². The van der Waals surface area contributed by atoms with Crippen molar-refractivity contribution in [2.24, 2.45) is 0 Å². The second-order valence-corrected chi connectivity index (χ2v) is 7.39. The molecule has 0 aliphatic carbocycles. The van der Waals surface area contributed by atoms with Crippen LogP contribution in [0.5, 0.6) is 0 Å². The van der Waals surface area contributed by atoms with Gasteiger partial charge >= 0.3 is 0 Å². The van der Waals surface area contributed by atoms with E-state index >= 15 is 0 Å². The molecule has 1 N–H and O–H groups in total. The molecular weight excluding hydrogens is 304 g/mol. The largest absolute Gasteiger partial charge is 0.383 e. The molecule has 0 aliphatic heterocycles. The van der Waals surface area contributed by atoms with E-state index < -0.39 is 10.0 Å². The Balaban J connectivity index is 2.98. The summed E-state index contributed by atoms with van der Waals surface area (Å²) in [6.07, 6.45) is 1.10. The van der Waals surface area contributed by atoms with Gasteiger partial charge < -0.3 is 10.1 Å². The van der Waals surface area contributed by atoms with Crippen LogP contribution in [0.25, 0.3) is 0 Å². The van der Waals surface area contributed by atoms with Crippen molar-refractivity contribution in [3.63, 3.8) is 0 Å². The molecule has 1 amide bonds. The molecule has 0 bridgehead atoms. The number of ether oxygens (including phenoxy) is 1. The molecule has 6 nitrogen and oxygen atoms in total. The second kappa shape index (κ2) is 7.60. The molecular formula is C15H24N2O4S. The molecule has 0 heterocycles. The summed E-state index contributed by atoms with van der Waals surface area (Å²) in [5.41, 5.74) is 2.36. The van der Waals surface area contributed by atoms with Crippen LogP contribution >= 0.6 is 0 Å². The highest BCUT2D eigenvalue weighted by molar-refractivity contribution is 7.92. The molecule has 124 valence electrons. The third-order valence-corrected chi connectivity index (χ3v) is 4.26. The number of benzene rings is 1. The molecule has 7 heteroatoms. The Morgan fingerprint density at radius 3 is 2.50 bits per heavy atom. The Labute approximate surface area is 132 Å². The zero-order valence-corrected chi connectivity index (χ0v) is 14.5. The third-order valence-electron chi connectivity index (χ3n) is 3.13. The fourth-order valence-electron chi connectivity index (χ4n) is 2.21. The summed E-state index contributed by atoms with van der Waals surface area (Å²) in [7, 11) is -2.01. The molecule has 0 spiro atoms. The first-order chi connectivity index (χ1) is 10.1. The fourth-order valence-corrected chi connectivity index (χ4v) is 3.12. The standard InChI is InChI=1S/C15H24N2O4S/c1-11-6-7-14(12(2)8-11)17(22(5,19)20)9-15(18)16-13(3)10-21-4/h6-8,13H,9-10H2,1-5H3,(H,16,18)/t13-/m0/s1. The Hall–Kier alpha value is -1.60. The Kier molecular flexibility index (Phi) is 6.37. The zero-order valence-electron chi connectivity index (χ0n) is 13.7. The van der Waals surface area contributed by atoms with E-state index in [1.165, 1.54) is 0 Å². The van der Waals surface area contributed by atoms with Gasteiger partial charge in [-0.1, -0.05) is 17.7 Å². The summed E-state index contributed by atoms with van der Waals surface area (Å²) in [5, 5.41) is 2.71. The summed E-state index contributed by atoms with van der Waals surface area (Å²) in [6.45, 7) is 5.67. The van der Waals surface area contributed by atoms with Crippen molar-refractivity contribution in [1.29, 1.82) is 0 Å². The molecule has 0 aliphatic rings. The van der Waals surface area contributed by atoms with Gasteiger partial charge in [0.1, 0.15) is 6.54 Å². The van der Waals surface area contributed by atoms with E-state index in [4.69, 9.17) is 4.74 Å². The highest BCUT2D eigenvalue weighted by atomic mass is 32.2. The molecule has 1 aromatic carbocycles. The number of methoxy groups -OCH3 is 1. The topological polar surface area (TPSA) is 75.7 Å². The van der Waals surface area contributed by atoms with Crippen molar-refractivity contribution in [1.82, 2.24) is 5.32 Å². The molecule has 1 rings (SSSR count). The van der Waals surface area contributed by atoms with Crippen LogP contribution in [0, 0.1) is 13.8 Å². The Bertz CT molecular complexity index is 628. The number of anilines is 1. The van der Waals surface area contributed by atoms with Crippen LogP contribution in [0.2, 0.25) is 0 Å². The van der Waals surface area contributed by atoms with Gasteiger partial charge in [0.25, 0.3) is 0 Å². The van der Waals surface area contributed by atoms with E-state index in [2.05, 4.69) is 5.32 Å². The summed E-state index contributed by atoms with van der Waals surface area (Å²) < 4.78 is 30.1. The summed E-state index contributed by atoms with van der Waals surface area (Å²) in [4.78, 5) is 12.1. The number of carbonyl (C=O) groups excluding carboxylic acids is 1. The Morgan fingerprint density at radius 2 is 2.00 bits per heavy atom. The summed E-state index contributed by atoms with van der Waals surface area (Å²) in [5.74, 6) is -0.366. The SMILES string of the molecule is COC[C@H](C)NC(=O)CN(c1ccc(C)cc1C)S(C)(=O)=O. The van der Waals surface area contributed by atoms with E-state index in [-0.39, 0.29) is 18.5 Å². The van der Waals surface area contributed by atoms with Crippen molar-refractivity contribution < 1.29 is 17.9 Å². The van der Waals surface area contributed by atoms with E-state index in [0.717, 1.165) is 21.7 Å². The lowest BCUT2D eigenvalue weighted by Gasteiger charge is -2.24. The van der Waals surface area contributed by atoms with Crippen LogP contribution in [0.4, 0.5) is 5.69 Å². The van der Waals surface area contributed by atoms with Crippen LogP contribution in [-0.4, -0.2) is 46.9 Å². The Morgan fingerprint density at radius 1 is 1.36 bits per heavy atom. The number of carbonyl (C=O) groups is 1. The number of amides is 1. The summed E-state index contributed by atoms with van der Waals surface area (Å²) >= 11 is 0. The number of sulfonamides is 1. The normalized spacial score (nSPS) is 12.8. The highest BCUT2D eigenvalue weighted by Gasteiger charge is 2.22. The molecule has 0 radical (unpaired) electrons. The molecule has 1 aromatic rings. The van der Waals surface area contributed by atoms with Gasteiger partial charge in [0.2, 0.25) is 15.9 Å². The average Bonchev–Trinajstić information content (AvgIpc) is 2.35. The summed E-state index contributed by atoms with van der Waals surface area (Å²) in [6, 6.07) is 5.25. The van der Waals surface area contributed by atoms with Gasteiger partial charge in [0, 0.05) is 13.2 Å². The van der Waals surface area contributed by atoms with Gasteiger partial charge in [0.15, 0.2) is 0 Å². The second-order valence-electron chi connectivity index (χ2n) is 5.48. The lowest BCUT2D eigenvalue weighted by molar-refractivity contribution is -0.120. The zero-order chi connectivity index (χ0) is 16.9. The average molecular weight is 328 g/mol. The molecule has 0 saturated heterocycles. The molecule has 0 saturated carbocycles. The van der Waals surface area contributed by atoms with Crippen molar-refractivity contribution in [2.75, 3.05) is 30.8 Å². The van der Waals surface area contributed by atoms with Gasteiger partial charge in [-0.05, 0) is 32.4 Å². The quantitative estimate of drug-likeness (QED) is 0.816. The van der Waals surface area contributed by atoms with Crippen LogP contribution in [0.15, 0.2) is 18.2 Å².